The first kappa shape index (κ1) is 10.5. The molecule has 0 unspecified atom stereocenters. The monoisotopic (exact) mass is 193 g/mol. The second-order valence-corrected chi connectivity index (χ2v) is 3.42. The van der Waals surface area contributed by atoms with Crippen molar-refractivity contribution >= 4 is 11.8 Å². The first-order valence-corrected chi connectivity index (χ1v) is 4.59. The van der Waals surface area contributed by atoms with E-state index >= 15 is 0 Å². The number of aromatic nitrogens is 1. The van der Waals surface area contributed by atoms with Crippen molar-refractivity contribution in [2.45, 2.75) is 26.8 Å². The summed E-state index contributed by atoms with van der Waals surface area (Å²) in [7, 11) is 0. The molecule has 0 spiro atoms. The second-order valence-electron chi connectivity index (χ2n) is 3.42. The van der Waals surface area contributed by atoms with Crippen LogP contribution in [-0.4, -0.2) is 17.1 Å². The summed E-state index contributed by atoms with van der Waals surface area (Å²) in [6.07, 6.45) is 0. The van der Waals surface area contributed by atoms with Crippen molar-refractivity contribution in [2.75, 3.05) is 5.32 Å². The van der Waals surface area contributed by atoms with Crippen LogP contribution in [0, 0.1) is 6.92 Å². The van der Waals surface area contributed by atoms with Crippen molar-refractivity contribution in [2.24, 2.45) is 0 Å². The average molecular weight is 193 g/mol. The van der Waals surface area contributed by atoms with E-state index in [-0.39, 0.29) is 12.1 Å². The molecule has 0 aliphatic rings. The molecular formula is C10H15N3O. The van der Waals surface area contributed by atoms with Gasteiger partial charge in [0.1, 0.15) is 5.82 Å². The number of amides is 2. The van der Waals surface area contributed by atoms with Gasteiger partial charge in [0.15, 0.2) is 0 Å². The Labute approximate surface area is 83.7 Å². The Morgan fingerprint density at radius 1 is 1.43 bits per heavy atom. The standard InChI is InChI=1S/C10H15N3O/c1-7(2)11-10(14)13-9-6-4-5-8(3)12-9/h4-7H,1-3H3,(H2,11,12,13,14). The summed E-state index contributed by atoms with van der Waals surface area (Å²) < 4.78 is 0. The van der Waals surface area contributed by atoms with E-state index in [1.165, 1.54) is 0 Å². The molecule has 1 aromatic rings. The van der Waals surface area contributed by atoms with Gasteiger partial charge in [-0.05, 0) is 32.9 Å². The average Bonchev–Trinajstić information content (AvgIpc) is 2.01. The second kappa shape index (κ2) is 4.60. The van der Waals surface area contributed by atoms with Crippen LogP contribution in [0.3, 0.4) is 0 Å². The molecule has 0 aliphatic carbocycles. The summed E-state index contributed by atoms with van der Waals surface area (Å²) >= 11 is 0. The van der Waals surface area contributed by atoms with Crippen LogP contribution in [0.15, 0.2) is 18.2 Å². The minimum Gasteiger partial charge on any atom is -0.336 e. The Morgan fingerprint density at radius 3 is 2.71 bits per heavy atom. The molecule has 14 heavy (non-hydrogen) atoms. The maximum atomic E-state index is 11.3. The highest BCUT2D eigenvalue weighted by atomic mass is 16.2. The van der Waals surface area contributed by atoms with Gasteiger partial charge in [-0.3, -0.25) is 5.32 Å². The lowest BCUT2D eigenvalue weighted by atomic mass is 10.4. The number of aryl methyl sites for hydroxylation is 1. The third kappa shape index (κ3) is 3.43. The number of hydrogen-bond acceptors (Lipinski definition) is 2. The van der Waals surface area contributed by atoms with Gasteiger partial charge in [0.25, 0.3) is 0 Å². The summed E-state index contributed by atoms with van der Waals surface area (Å²) in [6.45, 7) is 5.69. The number of urea groups is 1. The molecule has 1 aromatic heterocycles. The highest BCUT2D eigenvalue weighted by Gasteiger charge is 2.03. The smallest absolute Gasteiger partial charge is 0.320 e. The number of hydrogen-bond donors (Lipinski definition) is 2. The summed E-state index contributed by atoms with van der Waals surface area (Å²) in [5.41, 5.74) is 0.882. The van der Waals surface area contributed by atoms with Gasteiger partial charge in [0.2, 0.25) is 0 Å². The van der Waals surface area contributed by atoms with Gasteiger partial charge in [-0.1, -0.05) is 6.07 Å². The molecule has 0 saturated carbocycles. The molecule has 0 atom stereocenters. The van der Waals surface area contributed by atoms with E-state index in [1.807, 2.05) is 32.9 Å². The minimum absolute atomic E-state index is 0.125. The van der Waals surface area contributed by atoms with Crippen molar-refractivity contribution in [1.82, 2.24) is 10.3 Å². The minimum atomic E-state index is -0.224. The van der Waals surface area contributed by atoms with Gasteiger partial charge in [0, 0.05) is 11.7 Å². The number of rotatable bonds is 2. The van der Waals surface area contributed by atoms with Gasteiger partial charge in [-0.15, -0.1) is 0 Å². The number of pyridine rings is 1. The summed E-state index contributed by atoms with van der Waals surface area (Å²) in [6, 6.07) is 5.39. The Balaban J connectivity index is 2.56. The van der Waals surface area contributed by atoms with Crippen molar-refractivity contribution in [3.8, 4) is 0 Å². The van der Waals surface area contributed by atoms with Gasteiger partial charge in [-0.25, -0.2) is 9.78 Å². The summed E-state index contributed by atoms with van der Waals surface area (Å²) in [5, 5.41) is 5.37. The number of anilines is 1. The molecule has 0 aromatic carbocycles. The van der Waals surface area contributed by atoms with E-state index in [0.29, 0.717) is 5.82 Å². The molecular weight excluding hydrogens is 178 g/mol. The fourth-order valence-corrected chi connectivity index (χ4v) is 1.03. The van der Waals surface area contributed by atoms with Crippen LogP contribution in [0.2, 0.25) is 0 Å². The van der Waals surface area contributed by atoms with Crippen molar-refractivity contribution < 1.29 is 4.79 Å². The molecule has 0 radical (unpaired) electrons. The Hall–Kier alpha value is -1.58. The third-order valence-corrected chi connectivity index (χ3v) is 1.55. The highest BCUT2D eigenvalue weighted by Crippen LogP contribution is 2.03. The molecule has 4 heteroatoms. The van der Waals surface area contributed by atoms with Gasteiger partial charge in [-0.2, -0.15) is 0 Å². The maximum absolute atomic E-state index is 11.3. The molecule has 1 rings (SSSR count). The molecule has 4 nitrogen and oxygen atoms in total. The molecule has 76 valence electrons. The van der Waals surface area contributed by atoms with Crippen LogP contribution < -0.4 is 10.6 Å². The topological polar surface area (TPSA) is 54.0 Å². The zero-order chi connectivity index (χ0) is 10.6. The molecule has 0 aliphatic heterocycles. The van der Waals surface area contributed by atoms with E-state index in [0.717, 1.165) is 5.69 Å². The van der Waals surface area contributed by atoms with E-state index < -0.39 is 0 Å². The predicted octanol–water partition coefficient (Wildman–Crippen LogP) is 1.92. The van der Waals surface area contributed by atoms with E-state index in [1.54, 1.807) is 6.07 Å². The van der Waals surface area contributed by atoms with E-state index in [2.05, 4.69) is 15.6 Å². The first-order valence-electron chi connectivity index (χ1n) is 4.59. The Bertz CT molecular complexity index is 323. The predicted molar refractivity (Wildman–Crippen MR) is 56.3 cm³/mol. The Morgan fingerprint density at radius 2 is 2.14 bits per heavy atom. The molecule has 0 saturated heterocycles. The number of carbonyl (C=O) groups excluding carboxylic acids is 1. The van der Waals surface area contributed by atoms with Crippen LogP contribution in [0.5, 0.6) is 0 Å². The summed E-state index contributed by atoms with van der Waals surface area (Å²) in [4.78, 5) is 15.4. The zero-order valence-corrected chi connectivity index (χ0v) is 8.66. The molecule has 0 bridgehead atoms. The van der Waals surface area contributed by atoms with Crippen LogP contribution in [0.1, 0.15) is 19.5 Å². The lowest BCUT2D eigenvalue weighted by molar-refractivity contribution is 0.250. The van der Waals surface area contributed by atoms with Gasteiger partial charge < -0.3 is 5.32 Å². The molecule has 2 N–H and O–H groups in total. The Kier molecular flexibility index (Phi) is 3.45. The summed E-state index contributed by atoms with van der Waals surface area (Å²) in [5.74, 6) is 0.572. The van der Waals surface area contributed by atoms with Crippen LogP contribution >= 0.6 is 0 Å². The largest absolute Gasteiger partial charge is 0.336 e. The molecule has 2 amide bonds. The highest BCUT2D eigenvalue weighted by molar-refractivity contribution is 5.88. The lowest BCUT2D eigenvalue weighted by Crippen LogP contribution is -2.34. The first-order chi connectivity index (χ1) is 6.58. The lowest BCUT2D eigenvalue weighted by Gasteiger charge is -2.09. The fourth-order valence-electron chi connectivity index (χ4n) is 1.03. The van der Waals surface area contributed by atoms with Crippen LogP contribution in [-0.2, 0) is 0 Å². The van der Waals surface area contributed by atoms with E-state index in [9.17, 15) is 4.79 Å². The van der Waals surface area contributed by atoms with Crippen molar-refractivity contribution in [1.29, 1.82) is 0 Å². The number of carbonyl (C=O) groups is 1. The quantitative estimate of drug-likeness (QED) is 0.754. The number of nitrogens with one attached hydrogen (secondary N) is 2. The van der Waals surface area contributed by atoms with Crippen LogP contribution in [0.4, 0.5) is 10.6 Å². The SMILES string of the molecule is Cc1cccc(NC(=O)NC(C)C)n1. The van der Waals surface area contributed by atoms with Gasteiger partial charge >= 0.3 is 6.03 Å². The van der Waals surface area contributed by atoms with Crippen molar-refractivity contribution in [3.05, 3.63) is 23.9 Å². The van der Waals surface area contributed by atoms with E-state index in [4.69, 9.17) is 0 Å². The third-order valence-electron chi connectivity index (χ3n) is 1.55. The van der Waals surface area contributed by atoms with Crippen LogP contribution in [0.25, 0.3) is 0 Å². The zero-order valence-electron chi connectivity index (χ0n) is 8.66. The maximum Gasteiger partial charge on any atom is 0.320 e. The van der Waals surface area contributed by atoms with Crippen molar-refractivity contribution in [3.63, 3.8) is 0 Å². The molecule has 1 heterocycles. The fraction of sp³-hybridized carbons (Fsp3) is 0.400. The normalized spacial score (nSPS) is 10.0. The number of nitrogens with zero attached hydrogens (tertiary/aromatic N) is 1. The molecule has 0 fully saturated rings. The van der Waals surface area contributed by atoms with Gasteiger partial charge in [0.05, 0.1) is 0 Å².